The van der Waals surface area contributed by atoms with Crippen molar-refractivity contribution in [1.82, 2.24) is 0 Å². The van der Waals surface area contributed by atoms with Gasteiger partial charge in [-0.3, -0.25) is 4.79 Å². The van der Waals surface area contributed by atoms with E-state index in [1.54, 1.807) is 11.1 Å². The number of benzene rings is 4. The van der Waals surface area contributed by atoms with E-state index in [-0.39, 0.29) is 10.8 Å². The van der Waals surface area contributed by atoms with Crippen molar-refractivity contribution >= 4 is 33.8 Å². The Morgan fingerprint density at radius 3 is 2.41 bits per heavy atom. The molecule has 1 heterocycles. The molecule has 1 aliphatic carbocycles. The Kier molecular flexibility index (Phi) is 3.32. The molecule has 6 rings (SSSR count). The number of hydrogen-bond acceptors (Lipinski definition) is 3. The van der Waals surface area contributed by atoms with E-state index >= 15 is 0 Å². The fourth-order valence-electron chi connectivity index (χ4n) is 4.35. The van der Waals surface area contributed by atoms with Crippen molar-refractivity contribution in [3.63, 3.8) is 0 Å². The normalized spacial score (nSPS) is 14.0. The summed E-state index contributed by atoms with van der Waals surface area (Å²) in [6.45, 7) is 0.379. The lowest BCUT2D eigenvalue weighted by molar-refractivity contribution is 0.104. The van der Waals surface area contributed by atoms with Gasteiger partial charge in [0.2, 0.25) is 0 Å². The monoisotopic (exact) mass is 401 g/mol. The van der Waals surface area contributed by atoms with Crippen molar-refractivity contribution in [2.75, 3.05) is 5.06 Å². The number of carbonyl (C=O) groups is 1. The Morgan fingerprint density at radius 1 is 0.897 bits per heavy atom. The van der Waals surface area contributed by atoms with E-state index in [1.807, 2.05) is 48.5 Å². The van der Waals surface area contributed by atoms with Crippen LogP contribution >= 0.6 is 11.6 Å². The maximum atomic E-state index is 13.6. The van der Waals surface area contributed by atoms with Gasteiger partial charge in [0.05, 0.1) is 17.3 Å². The van der Waals surface area contributed by atoms with Crippen molar-refractivity contribution in [1.29, 1.82) is 0 Å². The topological polar surface area (TPSA) is 29.5 Å². The first-order valence-electron chi connectivity index (χ1n) is 9.25. The van der Waals surface area contributed by atoms with Gasteiger partial charge in [0, 0.05) is 27.6 Å². The van der Waals surface area contributed by atoms with E-state index in [9.17, 15) is 9.18 Å². The maximum absolute atomic E-state index is 13.6. The van der Waals surface area contributed by atoms with Crippen molar-refractivity contribution in [2.24, 2.45) is 0 Å². The molecule has 0 spiro atoms. The molecule has 0 fully saturated rings. The van der Waals surface area contributed by atoms with E-state index in [4.69, 9.17) is 16.4 Å². The predicted octanol–water partition coefficient (Wildman–Crippen LogP) is 6.16. The average molecular weight is 402 g/mol. The van der Waals surface area contributed by atoms with Crippen LogP contribution in [0, 0.1) is 5.82 Å². The molecule has 29 heavy (non-hydrogen) atoms. The fourth-order valence-corrected chi connectivity index (χ4v) is 4.53. The van der Waals surface area contributed by atoms with Crippen molar-refractivity contribution in [3.8, 4) is 16.9 Å². The summed E-state index contributed by atoms with van der Waals surface area (Å²) in [6.07, 6.45) is 0. The molecule has 2 aliphatic rings. The molecular formula is C24H13ClFNO2. The molecule has 0 radical (unpaired) electrons. The molecule has 4 aromatic rings. The maximum Gasteiger partial charge on any atom is 0.194 e. The van der Waals surface area contributed by atoms with Gasteiger partial charge in [0.25, 0.3) is 0 Å². The number of rotatable bonds is 1. The second kappa shape index (κ2) is 5.82. The van der Waals surface area contributed by atoms with E-state index in [2.05, 4.69) is 0 Å². The van der Waals surface area contributed by atoms with Gasteiger partial charge < -0.3 is 4.84 Å². The summed E-state index contributed by atoms with van der Waals surface area (Å²) in [5.41, 5.74) is 4.80. The summed E-state index contributed by atoms with van der Waals surface area (Å²) < 4.78 is 13.6. The highest BCUT2D eigenvalue weighted by Crippen LogP contribution is 2.50. The number of ketones is 1. The fraction of sp³-hybridized carbons (Fsp3) is 0.0417. The molecule has 0 amide bonds. The van der Waals surface area contributed by atoms with Crippen LogP contribution in [0.4, 0.5) is 10.1 Å². The highest BCUT2D eigenvalue weighted by molar-refractivity contribution is 6.31. The summed E-state index contributed by atoms with van der Waals surface area (Å²) in [6, 6.07) is 20.1. The first-order chi connectivity index (χ1) is 14.1. The third kappa shape index (κ3) is 2.21. The third-order valence-corrected chi connectivity index (χ3v) is 5.92. The molecule has 0 saturated carbocycles. The zero-order valence-electron chi connectivity index (χ0n) is 15.1. The van der Waals surface area contributed by atoms with Gasteiger partial charge in [-0.15, -0.1) is 0 Å². The minimum absolute atomic E-state index is 0.0141. The molecular weight excluding hydrogens is 389 g/mol. The molecule has 0 bridgehead atoms. The van der Waals surface area contributed by atoms with Gasteiger partial charge in [0.1, 0.15) is 5.82 Å². The number of nitrogens with zero attached hydrogens (tertiary/aromatic N) is 1. The summed E-state index contributed by atoms with van der Waals surface area (Å²) in [5, 5.41) is 3.61. The SMILES string of the molecule is O=C1c2ccccc2-c2c1c1c(c3ccccc23)ON(c2ccc(F)c(Cl)c2)C1. The first-order valence-corrected chi connectivity index (χ1v) is 9.63. The van der Waals surface area contributed by atoms with Crippen LogP contribution in [0.5, 0.6) is 5.75 Å². The van der Waals surface area contributed by atoms with Gasteiger partial charge >= 0.3 is 0 Å². The minimum atomic E-state index is -0.482. The van der Waals surface area contributed by atoms with E-state index in [0.29, 0.717) is 29.1 Å². The number of fused-ring (bicyclic) bond motifs is 8. The molecule has 0 N–H and O–H groups in total. The van der Waals surface area contributed by atoms with Crippen LogP contribution in [-0.2, 0) is 6.54 Å². The molecule has 5 heteroatoms. The number of hydrogen-bond donors (Lipinski definition) is 0. The lowest BCUT2D eigenvalue weighted by atomic mass is 9.93. The van der Waals surface area contributed by atoms with Gasteiger partial charge in [-0.1, -0.05) is 60.1 Å². The van der Waals surface area contributed by atoms with Crippen LogP contribution in [-0.4, -0.2) is 5.78 Å². The molecule has 0 unspecified atom stereocenters. The third-order valence-electron chi connectivity index (χ3n) is 5.63. The molecule has 3 nitrogen and oxygen atoms in total. The number of anilines is 1. The zero-order chi connectivity index (χ0) is 19.7. The first kappa shape index (κ1) is 16.6. The second-order valence-corrected chi connectivity index (χ2v) is 7.61. The van der Waals surface area contributed by atoms with E-state index in [1.165, 1.54) is 12.1 Å². The summed E-state index contributed by atoms with van der Waals surface area (Å²) in [5.74, 6) is 0.199. The van der Waals surface area contributed by atoms with Crippen LogP contribution in [0.25, 0.3) is 21.9 Å². The molecule has 4 aromatic carbocycles. The summed E-state index contributed by atoms with van der Waals surface area (Å²) in [4.78, 5) is 19.5. The standard InChI is InChI=1S/C24H13ClFNO2/c25-19-11-13(9-10-20(19)26)27-12-18-22-21(14-5-1-3-7-16(14)23(22)28)15-6-2-4-8-17(15)24(18)29-27/h1-11H,12H2. The van der Waals surface area contributed by atoms with E-state index in [0.717, 1.165) is 27.5 Å². The van der Waals surface area contributed by atoms with Crippen LogP contribution in [0.2, 0.25) is 5.02 Å². The lowest BCUT2D eigenvalue weighted by Gasteiger charge is -2.17. The zero-order valence-corrected chi connectivity index (χ0v) is 15.8. The Balaban J connectivity index is 1.61. The van der Waals surface area contributed by atoms with Crippen LogP contribution in [0.3, 0.4) is 0 Å². The largest absolute Gasteiger partial charge is 0.378 e. The van der Waals surface area contributed by atoms with Gasteiger partial charge in [-0.05, 0) is 29.1 Å². The molecule has 1 aliphatic heterocycles. The van der Waals surface area contributed by atoms with Crippen LogP contribution < -0.4 is 9.90 Å². The summed E-state index contributed by atoms with van der Waals surface area (Å²) >= 11 is 5.97. The van der Waals surface area contributed by atoms with Crippen molar-refractivity contribution < 1.29 is 14.0 Å². The Morgan fingerprint density at radius 2 is 1.62 bits per heavy atom. The Bertz CT molecular complexity index is 1360. The predicted molar refractivity (Wildman–Crippen MR) is 111 cm³/mol. The van der Waals surface area contributed by atoms with Crippen molar-refractivity contribution in [2.45, 2.75) is 6.54 Å². The smallest absolute Gasteiger partial charge is 0.194 e. The van der Waals surface area contributed by atoms with Gasteiger partial charge in [-0.25, -0.2) is 9.45 Å². The average Bonchev–Trinajstić information content (AvgIpc) is 3.31. The van der Waals surface area contributed by atoms with Gasteiger partial charge in [0.15, 0.2) is 11.5 Å². The molecule has 0 saturated heterocycles. The highest BCUT2D eigenvalue weighted by atomic mass is 35.5. The van der Waals surface area contributed by atoms with Crippen molar-refractivity contribution in [3.05, 3.63) is 94.3 Å². The molecule has 0 aromatic heterocycles. The van der Waals surface area contributed by atoms with Crippen LogP contribution in [0.15, 0.2) is 66.7 Å². The number of halogens is 2. The van der Waals surface area contributed by atoms with E-state index < -0.39 is 5.82 Å². The summed E-state index contributed by atoms with van der Waals surface area (Å²) in [7, 11) is 0. The highest BCUT2D eigenvalue weighted by Gasteiger charge is 2.37. The van der Waals surface area contributed by atoms with Gasteiger partial charge in [-0.2, -0.15) is 0 Å². The van der Waals surface area contributed by atoms with Crippen LogP contribution in [0.1, 0.15) is 21.5 Å². The Labute approximate surface area is 170 Å². The Hall–Kier alpha value is -3.37. The number of carbonyl (C=O) groups excluding carboxylic acids is 1. The minimum Gasteiger partial charge on any atom is -0.378 e. The molecule has 0 atom stereocenters. The quantitative estimate of drug-likeness (QED) is 0.337. The molecule has 140 valence electrons. The number of hydroxylamine groups is 1. The lowest BCUT2D eigenvalue weighted by Crippen LogP contribution is -2.20. The second-order valence-electron chi connectivity index (χ2n) is 7.20.